The second-order valence-electron chi connectivity index (χ2n) is 14.2. The van der Waals surface area contributed by atoms with Crippen molar-refractivity contribution in [1.82, 2.24) is 9.55 Å². The van der Waals surface area contributed by atoms with Crippen LogP contribution in [-0.4, -0.2) is 9.55 Å². The maximum atomic E-state index is 5.10. The molecule has 9 aromatic carbocycles. The van der Waals surface area contributed by atoms with E-state index >= 15 is 0 Å². The zero-order valence-electron chi connectivity index (χ0n) is 29.9. The van der Waals surface area contributed by atoms with Crippen LogP contribution in [0, 0.1) is 0 Å². The predicted octanol–water partition coefficient (Wildman–Crippen LogP) is 13.8. The van der Waals surface area contributed by atoms with Gasteiger partial charge in [-0.25, -0.2) is 4.98 Å². The molecule has 0 fully saturated rings. The lowest BCUT2D eigenvalue weighted by Gasteiger charge is -2.33. The molecule has 0 amide bonds. The third kappa shape index (κ3) is 4.52. The summed E-state index contributed by atoms with van der Waals surface area (Å²) in [5, 5.41) is 7.51. The van der Waals surface area contributed by atoms with Gasteiger partial charge in [-0.05, 0) is 108 Å². The number of para-hydroxylation sites is 2. The summed E-state index contributed by atoms with van der Waals surface area (Å²) in [6, 6.07) is 66.6. The molecule has 3 heteroatoms. The van der Waals surface area contributed by atoms with Gasteiger partial charge >= 0.3 is 0 Å². The molecule has 0 N–H and O–H groups in total. The predicted molar refractivity (Wildman–Crippen MR) is 228 cm³/mol. The van der Waals surface area contributed by atoms with Crippen molar-refractivity contribution in [3.63, 3.8) is 0 Å². The number of hydrogen-bond acceptors (Lipinski definition) is 2. The molecular weight excluding hydrogens is 655 g/mol. The molecule has 0 atom stereocenters. The van der Waals surface area contributed by atoms with Crippen molar-refractivity contribution in [2.24, 2.45) is 0 Å². The largest absolute Gasteiger partial charge is 0.306 e. The Balaban J connectivity index is 1.21. The van der Waals surface area contributed by atoms with Crippen molar-refractivity contribution in [2.75, 3.05) is 4.90 Å². The number of aromatic nitrogens is 2. The molecule has 10 aromatic rings. The van der Waals surface area contributed by atoms with Gasteiger partial charge in [-0.1, -0.05) is 146 Å². The first kappa shape index (κ1) is 30.6. The normalized spacial score (nSPS) is 12.2. The number of imidazole rings is 1. The zero-order valence-corrected chi connectivity index (χ0v) is 29.9. The first-order valence-electron chi connectivity index (χ1n) is 18.8. The Morgan fingerprint density at radius 3 is 1.91 bits per heavy atom. The molecule has 2 heterocycles. The summed E-state index contributed by atoms with van der Waals surface area (Å²) < 4.78 is 2.38. The van der Waals surface area contributed by atoms with Gasteiger partial charge in [0, 0.05) is 12.1 Å². The van der Waals surface area contributed by atoms with Crippen molar-refractivity contribution in [3.8, 4) is 39.1 Å². The average Bonchev–Trinajstić information content (AvgIpc) is 3.63. The van der Waals surface area contributed by atoms with Crippen molar-refractivity contribution < 1.29 is 0 Å². The van der Waals surface area contributed by atoms with Crippen LogP contribution in [0.4, 0.5) is 17.1 Å². The van der Waals surface area contributed by atoms with Gasteiger partial charge in [0.05, 0.1) is 28.1 Å². The lowest BCUT2D eigenvalue weighted by atomic mass is 9.83. The average molecular weight is 690 g/mol. The summed E-state index contributed by atoms with van der Waals surface area (Å²) in [5.41, 5.74) is 14.1. The van der Waals surface area contributed by atoms with Crippen molar-refractivity contribution in [2.45, 2.75) is 13.3 Å². The van der Waals surface area contributed by atoms with E-state index in [4.69, 9.17) is 4.98 Å². The van der Waals surface area contributed by atoms with Gasteiger partial charge < -0.3 is 4.90 Å². The molecule has 0 bridgehead atoms. The van der Waals surface area contributed by atoms with Gasteiger partial charge in [-0.3, -0.25) is 4.57 Å². The molecule has 0 aliphatic carbocycles. The topological polar surface area (TPSA) is 21.1 Å². The number of anilines is 3. The lowest BCUT2D eigenvalue weighted by molar-refractivity contribution is 0.900. The fourth-order valence-electron chi connectivity index (χ4n) is 8.90. The highest BCUT2D eigenvalue weighted by Gasteiger charge is 2.29. The standard InChI is InChI=1S/C51H35N3/c1-2-48-52-44-25-14-26-46-51(44)54(48)45-30-28-36(32-47(45)53(46)37-19-7-4-8-20-37)35-27-29-42-43(31-35)50(39-24-13-18-33-15-9-10-21-38(33)39)41-23-12-11-22-40(41)49(42)34-16-5-3-6-17-34/h3-32H,2H2,1H3. The Morgan fingerprint density at radius 1 is 0.444 bits per heavy atom. The fraction of sp³-hybridized carbons (Fsp3) is 0.0392. The van der Waals surface area contributed by atoms with E-state index in [2.05, 4.69) is 198 Å². The van der Waals surface area contributed by atoms with Crippen LogP contribution in [0.2, 0.25) is 0 Å². The highest BCUT2D eigenvalue weighted by atomic mass is 15.2. The number of benzene rings is 9. The van der Waals surface area contributed by atoms with E-state index in [0.717, 1.165) is 46.0 Å². The van der Waals surface area contributed by atoms with Gasteiger partial charge in [0.25, 0.3) is 0 Å². The van der Waals surface area contributed by atoms with Crippen LogP contribution in [-0.2, 0) is 6.42 Å². The smallest absolute Gasteiger partial charge is 0.114 e. The molecule has 0 saturated heterocycles. The van der Waals surface area contributed by atoms with E-state index in [-0.39, 0.29) is 0 Å². The summed E-state index contributed by atoms with van der Waals surface area (Å²) in [6.07, 6.45) is 0.847. The van der Waals surface area contributed by atoms with Gasteiger partial charge in [0.2, 0.25) is 0 Å². The first-order valence-corrected chi connectivity index (χ1v) is 18.8. The molecule has 1 aliphatic rings. The lowest BCUT2D eigenvalue weighted by Crippen LogP contribution is -2.19. The third-order valence-corrected chi connectivity index (χ3v) is 11.2. The van der Waals surface area contributed by atoms with Crippen molar-refractivity contribution in [3.05, 3.63) is 188 Å². The molecular formula is C51H35N3. The number of rotatable bonds is 5. The number of hydrogen-bond donors (Lipinski definition) is 0. The molecule has 3 nitrogen and oxygen atoms in total. The Kier molecular flexibility index (Phi) is 6.83. The van der Waals surface area contributed by atoms with Crippen LogP contribution >= 0.6 is 0 Å². The molecule has 11 rings (SSSR count). The Bertz CT molecular complexity index is 3080. The van der Waals surface area contributed by atoms with Crippen LogP contribution in [0.1, 0.15) is 12.7 Å². The molecule has 0 saturated carbocycles. The Morgan fingerprint density at radius 2 is 1.09 bits per heavy atom. The minimum atomic E-state index is 0.847. The SMILES string of the molecule is CCc1nc2cccc3c2n1-c1ccc(-c2ccc4c(-c5ccccc5)c5ccccc5c(-c5cccc6ccccc56)c4c2)cc1N3c1ccccc1. The van der Waals surface area contributed by atoms with Gasteiger partial charge in [0.15, 0.2) is 0 Å². The maximum absolute atomic E-state index is 5.10. The van der Waals surface area contributed by atoms with Crippen LogP contribution in [0.15, 0.2) is 182 Å². The van der Waals surface area contributed by atoms with E-state index < -0.39 is 0 Å². The highest BCUT2D eigenvalue weighted by molar-refractivity contribution is 6.24. The minimum absolute atomic E-state index is 0.847. The summed E-state index contributed by atoms with van der Waals surface area (Å²) in [4.78, 5) is 7.51. The number of aryl methyl sites for hydroxylation is 1. The minimum Gasteiger partial charge on any atom is -0.306 e. The first-order chi connectivity index (χ1) is 26.8. The van der Waals surface area contributed by atoms with E-state index in [0.29, 0.717) is 0 Å². The van der Waals surface area contributed by atoms with E-state index in [1.807, 2.05) is 0 Å². The Labute approximate surface area is 314 Å². The molecule has 54 heavy (non-hydrogen) atoms. The second kappa shape index (κ2) is 12.0. The number of fused-ring (bicyclic) bond motifs is 5. The number of nitrogens with zero attached hydrogens (tertiary/aromatic N) is 3. The zero-order chi connectivity index (χ0) is 35.8. The van der Waals surface area contributed by atoms with Gasteiger partial charge in [-0.15, -0.1) is 0 Å². The summed E-state index contributed by atoms with van der Waals surface area (Å²) in [7, 11) is 0. The van der Waals surface area contributed by atoms with Crippen LogP contribution in [0.3, 0.4) is 0 Å². The molecule has 1 aromatic heterocycles. The molecule has 0 radical (unpaired) electrons. The second-order valence-corrected chi connectivity index (χ2v) is 14.2. The van der Waals surface area contributed by atoms with Crippen molar-refractivity contribution in [1.29, 1.82) is 0 Å². The molecule has 254 valence electrons. The third-order valence-electron chi connectivity index (χ3n) is 11.2. The highest BCUT2D eigenvalue weighted by Crippen LogP contribution is 2.50. The quantitative estimate of drug-likeness (QED) is 0.168. The Hall–Kier alpha value is -6.97. The van der Waals surface area contributed by atoms with E-state index in [1.165, 1.54) is 65.7 Å². The monoisotopic (exact) mass is 689 g/mol. The molecule has 0 spiro atoms. The van der Waals surface area contributed by atoms with Crippen molar-refractivity contribution >= 4 is 60.4 Å². The molecule has 1 aliphatic heterocycles. The van der Waals surface area contributed by atoms with Gasteiger partial charge in [0.1, 0.15) is 5.82 Å². The summed E-state index contributed by atoms with van der Waals surface area (Å²) in [6.45, 7) is 2.19. The fourth-order valence-corrected chi connectivity index (χ4v) is 8.90. The van der Waals surface area contributed by atoms with Crippen LogP contribution < -0.4 is 4.90 Å². The maximum Gasteiger partial charge on any atom is 0.114 e. The molecule has 0 unspecified atom stereocenters. The summed E-state index contributed by atoms with van der Waals surface area (Å²) in [5.74, 6) is 1.07. The van der Waals surface area contributed by atoms with Crippen LogP contribution in [0.5, 0.6) is 0 Å². The van der Waals surface area contributed by atoms with E-state index in [9.17, 15) is 0 Å². The van der Waals surface area contributed by atoms with E-state index in [1.54, 1.807) is 0 Å². The van der Waals surface area contributed by atoms with Crippen LogP contribution in [0.25, 0.3) is 82.4 Å². The summed E-state index contributed by atoms with van der Waals surface area (Å²) >= 11 is 0. The van der Waals surface area contributed by atoms with Gasteiger partial charge in [-0.2, -0.15) is 0 Å².